The van der Waals surface area contributed by atoms with Crippen molar-refractivity contribution in [2.75, 3.05) is 20.2 Å². The number of hydrogen-bond donors (Lipinski definition) is 1. The number of benzene rings is 1. The van der Waals surface area contributed by atoms with Crippen molar-refractivity contribution >= 4 is 5.91 Å². The molecule has 1 aromatic heterocycles. The van der Waals surface area contributed by atoms with Crippen LogP contribution in [0.25, 0.3) is 0 Å². The zero-order valence-electron chi connectivity index (χ0n) is 14.7. The zero-order valence-corrected chi connectivity index (χ0v) is 14.7. The summed E-state index contributed by atoms with van der Waals surface area (Å²) in [4.78, 5) is 13.9. The van der Waals surface area contributed by atoms with Gasteiger partial charge in [0.25, 0.3) is 0 Å². The number of carbonyl (C=O) groups excluding carboxylic acids is 1. The molecule has 1 fully saturated rings. The van der Waals surface area contributed by atoms with Crippen molar-refractivity contribution in [3.05, 3.63) is 47.5 Å². The molecule has 0 unspecified atom stereocenters. The SMILES string of the molecule is Cc1c([C@H]2[C@H](NCCOc3cccc(F)c3)CC(=O)N2C)cnn1C. The highest BCUT2D eigenvalue weighted by Gasteiger charge is 2.39. The van der Waals surface area contributed by atoms with E-state index in [9.17, 15) is 9.18 Å². The van der Waals surface area contributed by atoms with E-state index < -0.39 is 0 Å². The van der Waals surface area contributed by atoms with E-state index in [-0.39, 0.29) is 23.8 Å². The molecule has 1 aliphatic rings. The fourth-order valence-corrected chi connectivity index (χ4v) is 3.25. The number of aromatic nitrogens is 2. The van der Waals surface area contributed by atoms with Crippen molar-refractivity contribution in [1.82, 2.24) is 20.0 Å². The Morgan fingerprint density at radius 2 is 2.20 bits per heavy atom. The lowest BCUT2D eigenvalue weighted by atomic mass is 10.0. The summed E-state index contributed by atoms with van der Waals surface area (Å²) in [5, 5.41) is 7.68. The van der Waals surface area contributed by atoms with E-state index in [4.69, 9.17) is 4.74 Å². The monoisotopic (exact) mass is 346 g/mol. The van der Waals surface area contributed by atoms with Crippen LogP contribution in [-0.4, -0.2) is 46.8 Å². The minimum Gasteiger partial charge on any atom is -0.492 e. The lowest BCUT2D eigenvalue weighted by molar-refractivity contribution is -0.127. The first-order valence-electron chi connectivity index (χ1n) is 8.33. The topological polar surface area (TPSA) is 59.4 Å². The number of nitrogens with zero attached hydrogens (tertiary/aromatic N) is 3. The molecule has 2 atom stereocenters. The van der Waals surface area contributed by atoms with Crippen molar-refractivity contribution in [2.45, 2.75) is 25.4 Å². The molecule has 6 nitrogen and oxygen atoms in total. The minimum atomic E-state index is -0.319. The second-order valence-corrected chi connectivity index (χ2v) is 6.33. The maximum atomic E-state index is 13.1. The van der Waals surface area contributed by atoms with Gasteiger partial charge in [-0.3, -0.25) is 9.48 Å². The van der Waals surface area contributed by atoms with E-state index in [0.29, 0.717) is 25.3 Å². The van der Waals surface area contributed by atoms with Crippen molar-refractivity contribution in [2.24, 2.45) is 7.05 Å². The van der Waals surface area contributed by atoms with Crippen molar-refractivity contribution in [3.8, 4) is 5.75 Å². The average molecular weight is 346 g/mol. The van der Waals surface area contributed by atoms with Gasteiger partial charge in [-0.2, -0.15) is 5.10 Å². The van der Waals surface area contributed by atoms with E-state index in [1.165, 1.54) is 12.1 Å². The van der Waals surface area contributed by atoms with Crippen molar-refractivity contribution in [3.63, 3.8) is 0 Å². The molecule has 2 heterocycles. The largest absolute Gasteiger partial charge is 0.492 e. The molecule has 1 aliphatic heterocycles. The van der Waals surface area contributed by atoms with Gasteiger partial charge in [0, 0.05) is 50.4 Å². The van der Waals surface area contributed by atoms with Crippen molar-refractivity contribution in [1.29, 1.82) is 0 Å². The van der Waals surface area contributed by atoms with Gasteiger partial charge >= 0.3 is 0 Å². The quantitative estimate of drug-likeness (QED) is 0.811. The maximum Gasteiger partial charge on any atom is 0.224 e. The number of halogens is 1. The van der Waals surface area contributed by atoms with Crippen molar-refractivity contribution < 1.29 is 13.9 Å². The maximum absolute atomic E-state index is 13.1. The Balaban J connectivity index is 1.60. The predicted octanol–water partition coefficient (Wildman–Crippen LogP) is 1.81. The number of ether oxygens (including phenoxy) is 1. The summed E-state index contributed by atoms with van der Waals surface area (Å²) in [6, 6.07) is 6.02. The molecule has 25 heavy (non-hydrogen) atoms. The summed E-state index contributed by atoms with van der Waals surface area (Å²) in [7, 11) is 3.72. The molecule has 0 aliphatic carbocycles. The predicted molar refractivity (Wildman–Crippen MR) is 91.8 cm³/mol. The molecule has 0 radical (unpaired) electrons. The summed E-state index contributed by atoms with van der Waals surface area (Å²) in [5.41, 5.74) is 2.11. The molecule has 134 valence electrons. The molecule has 3 rings (SSSR count). The Morgan fingerprint density at radius 1 is 1.40 bits per heavy atom. The number of likely N-dealkylation sites (N-methyl/N-ethyl adjacent to an activating group) is 1. The Morgan fingerprint density at radius 3 is 2.88 bits per heavy atom. The number of hydrogen-bond acceptors (Lipinski definition) is 4. The highest BCUT2D eigenvalue weighted by molar-refractivity contribution is 5.80. The number of aryl methyl sites for hydroxylation is 1. The standard InChI is InChI=1S/C18H23FN4O2/c1-12-15(11-21-23(12)3)18-16(10-17(24)22(18)2)20-7-8-25-14-6-4-5-13(19)9-14/h4-6,9,11,16,18,20H,7-8,10H2,1-3H3/t16-,18+/m1/s1. The molecule has 1 aromatic carbocycles. The van der Waals surface area contributed by atoms with Gasteiger partial charge in [-0.1, -0.05) is 6.07 Å². The van der Waals surface area contributed by atoms with Crippen LogP contribution >= 0.6 is 0 Å². The van der Waals surface area contributed by atoms with Crippen LogP contribution < -0.4 is 10.1 Å². The molecule has 7 heteroatoms. The third-order valence-corrected chi connectivity index (χ3v) is 4.75. The van der Waals surface area contributed by atoms with E-state index in [0.717, 1.165) is 11.3 Å². The van der Waals surface area contributed by atoms with E-state index in [2.05, 4.69) is 10.4 Å². The Labute approximate surface area is 146 Å². The highest BCUT2D eigenvalue weighted by Crippen LogP contribution is 2.33. The molecular formula is C18H23FN4O2. The first kappa shape index (κ1) is 17.4. The Kier molecular flexibility index (Phi) is 5.03. The number of amides is 1. The third kappa shape index (κ3) is 3.66. The van der Waals surface area contributed by atoms with Crippen LogP contribution in [-0.2, 0) is 11.8 Å². The minimum absolute atomic E-state index is 0.00323. The van der Waals surface area contributed by atoms with Crippen LogP contribution in [0, 0.1) is 12.7 Å². The van der Waals surface area contributed by atoms with Gasteiger partial charge < -0.3 is 15.0 Å². The summed E-state index contributed by atoms with van der Waals surface area (Å²) in [6.07, 6.45) is 2.27. The number of nitrogens with one attached hydrogen (secondary N) is 1. The summed E-state index contributed by atoms with van der Waals surface area (Å²) < 4.78 is 20.5. The van der Waals surface area contributed by atoms with Crippen LogP contribution in [0.1, 0.15) is 23.7 Å². The molecule has 1 saturated heterocycles. The molecular weight excluding hydrogens is 323 g/mol. The van der Waals surface area contributed by atoms with Gasteiger partial charge in [0.15, 0.2) is 0 Å². The molecule has 1 N–H and O–H groups in total. The zero-order chi connectivity index (χ0) is 18.0. The average Bonchev–Trinajstić information content (AvgIpc) is 3.04. The lowest BCUT2D eigenvalue weighted by Crippen LogP contribution is -2.37. The first-order chi connectivity index (χ1) is 12.0. The van der Waals surface area contributed by atoms with Gasteiger partial charge in [0.2, 0.25) is 5.91 Å². The van der Waals surface area contributed by atoms with Gasteiger partial charge in [-0.25, -0.2) is 4.39 Å². The second-order valence-electron chi connectivity index (χ2n) is 6.33. The van der Waals surface area contributed by atoms with Gasteiger partial charge in [0.1, 0.15) is 18.2 Å². The molecule has 0 spiro atoms. The molecule has 0 bridgehead atoms. The third-order valence-electron chi connectivity index (χ3n) is 4.75. The lowest BCUT2D eigenvalue weighted by Gasteiger charge is -2.25. The second kappa shape index (κ2) is 7.23. The molecule has 2 aromatic rings. The smallest absolute Gasteiger partial charge is 0.224 e. The van der Waals surface area contributed by atoms with E-state index >= 15 is 0 Å². The summed E-state index contributed by atoms with van der Waals surface area (Å²) >= 11 is 0. The number of rotatable bonds is 6. The fourth-order valence-electron chi connectivity index (χ4n) is 3.25. The van der Waals surface area contributed by atoms with Gasteiger partial charge in [0.05, 0.1) is 12.2 Å². The Hall–Kier alpha value is -2.41. The van der Waals surface area contributed by atoms with Crippen LogP contribution in [0.5, 0.6) is 5.75 Å². The summed E-state index contributed by atoms with van der Waals surface area (Å²) in [5.74, 6) is 0.290. The van der Waals surface area contributed by atoms with E-state index in [1.54, 1.807) is 17.0 Å². The van der Waals surface area contributed by atoms with E-state index in [1.807, 2.05) is 31.9 Å². The summed E-state index contributed by atoms with van der Waals surface area (Å²) in [6.45, 7) is 2.97. The number of carbonyl (C=O) groups is 1. The number of likely N-dealkylation sites (tertiary alicyclic amines) is 1. The van der Waals surface area contributed by atoms with Crippen LogP contribution in [0.3, 0.4) is 0 Å². The molecule has 0 saturated carbocycles. The van der Waals surface area contributed by atoms with Gasteiger partial charge in [-0.05, 0) is 19.1 Å². The van der Waals surface area contributed by atoms with Crippen LogP contribution in [0.2, 0.25) is 0 Å². The van der Waals surface area contributed by atoms with Gasteiger partial charge in [-0.15, -0.1) is 0 Å². The first-order valence-corrected chi connectivity index (χ1v) is 8.33. The normalized spacial score (nSPS) is 20.3. The van der Waals surface area contributed by atoms with Crippen LogP contribution in [0.4, 0.5) is 4.39 Å². The fraction of sp³-hybridized carbons (Fsp3) is 0.444. The molecule has 1 amide bonds. The van der Waals surface area contributed by atoms with Crippen LogP contribution in [0.15, 0.2) is 30.5 Å². The Bertz CT molecular complexity index is 761. The highest BCUT2D eigenvalue weighted by atomic mass is 19.1.